The summed E-state index contributed by atoms with van der Waals surface area (Å²) in [6, 6.07) is -0.913. The highest BCUT2D eigenvalue weighted by Crippen LogP contribution is 2.30. The summed E-state index contributed by atoms with van der Waals surface area (Å²) >= 11 is 0. The van der Waals surface area contributed by atoms with Crippen LogP contribution in [0, 0.1) is 0 Å². The molecule has 2 rings (SSSR count). The summed E-state index contributed by atoms with van der Waals surface area (Å²) in [6.07, 6.45) is 53.8. The van der Waals surface area contributed by atoms with Crippen LogP contribution in [0.5, 0.6) is 0 Å². The minimum absolute atomic E-state index is 0.233. The SMILES string of the molecule is CCCCCCCCCC/C=C\CCCCCCCCCCCCCCCCCC(=O)NC(COC1OC(CO)C(OC2OC(CO)C(O)C(O)C2O)C(O)C1O)C(O)/C=C/CCCCCCCCCCCCCCCCCCCCCCCC. The lowest BCUT2D eigenvalue weighted by molar-refractivity contribution is -0.359. The fourth-order valence-electron chi connectivity index (χ4n) is 12.1. The number of carbonyl (C=O) groups excluding carboxylic acids is 1. The van der Waals surface area contributed by atoms with E-state index in [4.69, 9.17) is 18.9 Å². The van der Waals surface area contributed by atoms with Gasteiger partial charge in [-0.1, -0.05) is 301 Å². The molecule has 0 radical (unpaired) electrons. The molecular formula is C71H135NO13. The van der Waals surface area contributed by atoms with E-state index in [0.717, 1.165) is 38.5 Å². The molecule has 9 N–H and O–H groups in total. The Kier molecular flexibility index (Phi) is 52.8. The number of allylic oxidation sites excluding steroid dienone is 3. The monoisotopic (exact) mass is 1210 g/mol. The van der Waals surface area contributed by atoms with Crippen molar-refractivity contribution in [3.63, 3.8) is 0 Å². The molecule has 0 spiro atoms. The van der Waals surface area contributed by atoms with Crippen molar-refractivity contribution in [3.05, 3.63) is 24.3 Å². The Morgan fingerprint density at radius 2 is 0.741 bits per heavy atom. The van der Waals surface area contributed by atoms with E-state index in [1.807, 2.05) is 6.08 Å². The standard InChI is InChI=1S/C71H135NO13/c1-3-5-7-9-11-13-15-17-19-21-23-25-27-29-30-31-33-35-37-39-41-43-45-47-49-51-53-55-63(76)72-59(58-82-70-68(81)66(79)69(62(57-74)84-70)85-71-67(80)65(78)64(77)61(56-73)83-71)60(75)54-52-50-48-46-44-42-40-38-36-34-32-28-26-24-22-20-18-16-14-12-10-8-6-4-2/h21,23,52,54,59-62,64-71,73-75,77-81H,3-20,22,24-51,53,55-58H2,1-2H3,(H,72,76)/b23-21-,54-52+. The average molecular weight is 1210 g/mol. The maximum Gasteiger partial charge on any atom is 0.220 e. The molecule has 12 atom stereocenters. The summed E-state index contributed by atoms with van der Waals surface area (Å²) < 4.78 is 22.9. The van der Waals surface area contributed by atoms with Crippen molar-refractivity contribution in [1.29, 1.82) is 0 Å². The summed E-state index contributed by atoms with van der Waals surface area (Å²) in [6.45, 7) is 2.86. The van der Waals surface area contributed by atoms with Gasteiger partial charge < -0.3 is 65.1 Å². The Balaban J connectivity index is 1.67. The van der Waals surface area contributed by atoms with Crippen LogP contribution in [0.3, 0.4) is 0 Å². The lowest BCUT2D eigenvalue weighted by atomic mass is 9.97. The Bertz CT molecular complexity index is 1520. The number of aliphatic hydroxyl groups is 8. The molecule has 502 valence electrons. The molecule has 0 aromatic carbocycles. The maximum absolute atomic E-state index is 13.3. The second-order valence-electron chi connectivity index (χ2n) is 25.7. The van der Waals surface area contributed by atoms with Gasteiger partial charge in [0.1, 0.15) is 48.8 Å². The predicted octanol–water partition coefficient (Wildman–Crippen LogP) is 14.7. The lowest BCUT2D eigenvalue weighted by Gasteiger charge is -2.46. The highest BCUT2D eigenvalue weighted by molar-refractivity contribution is 5.76. The summed E-state index contributed by atoms with van der Waals surface area (Å²) in [5, 5.41) is 87.5. The third kappa shape index (κ3) is 40.8. The molecule has 0 saturated carbocycles. The van der Waals surface area contributed by atoms with Gasteiger partial charge in [-0.3, -0.25) is 4.79 Å². The molecule has 12 unspecified atom stereocenters. The van der Waals surface area contributed by atoms with Crippen molar-refractivity contribution < 1.29 is 64.6 Å². The van der Waals surface area contributed by atoms with E-state index < -0.39 is 86.8 Å². The molecule has 0 aromatic rings. The summed E-state index contributed by atoms with van der Waals surface area (Å²) in [5.41, 5.74) is 0. The number of hydrogen-bond donors (Lipinski definition) is 9. The molecule has 1 amide bonds. The Morgan fingerprint density at radius 1 is 0.412 bits per heavy atom. The largest absolute Gasteiger partial charge is 0.394 e. The van der Waals surface area contributed by atoms with Gasteiger partial charge in [-0.05, 0) is 44.9 Å². The maximum atomic E-state index is 13.3. The van der Waals surface area contributed by atoms with Gasteiger partial charge in [-0.25, -0.2) is 0 Å². The first-order chi connectivity index (χ1) is 41.6. The second kappa shape index (κ2) is 56.5. The zero-order valence-corrected chi connectivity index (χ0v) is 54.6. The lowest BCUT2D eigenvalue weighted by Crippen LogP contribution is -2.65. The number of rotatable bonds is 60. The van der Waals surface area contributed by atoms with Gasteiger partial charge in [0.2, 0.25) is 5.91 Å². The smallest absolute Gasteiger partial charge is 0.220 e. The number of carbonyl (C=O) groups is 1. The van der Waals surface area contributed by atoms with Crippen molar-refractivity contribution >= 4 is 5.91 Å². The molecule has 2 aliphatic heterocycles. The quantitative estimate of drug-likeness (QED) is 0.0204. The van der Waals surface area contributed by atoms with E-state index in [2.05, 4.69) is 31.3 Å². The molecular weight excluding hydrogens is 1070 g/mol. The first kappa shape index (κ1) is 79.6. The average Bonchev–Trinajstić information content (AvgIpc) is 3.68. The third-order valence-corrected chi connectivity index (χ3v) is 17.9. The summed E-state index contributed by atoms with van der Waals surface area (Å²) in [5.74, 6) is -0.233. The van der Waals surface area contributed by atoms with E-state index in [1.54, 1.807) is 6.08 Å². The van der Waals surface area contributed by atoms with Crippen molar-refractivity contribution in [2.24, 2.45) is 0 Å². The molecule has 14 nitrogen and oxygen atoms in total. The van der Waals surface area contributed by atoms with Crippen molar-refractivity contribution in [3.8, 4) is 0 Å². The molecule has 0 aliphatic carbocycles. The minimum atomic E-state index is -1.79. The third-order valence-electron chi connectivity index (χ3n) is 17.9. The predicted molar refractivity (Wildman–Crippen MR) is 346 cm³/mol. The fraction of sp³-hybridized carbons (Fsp3) is 0.930. The second-order valence-corrected chi connectivity index (χ2v) is 25.7. The van der Waals surface area contributed by atoms with Crippen LogP contribution in [0.1, 0.15) is 328 Å². The van der Waals surface area contributed by atoms with Crippen molar-refractivity contribution in [2.45, 2.75) is 402 Å². The molecule has 14 heteroatoms. The van der Waals surface area contributed by atoms with Crippen LogP contribution < -0.4 is 5.32 Å². The molecule has 2 heterocycles. The van der Waals surface area contributed by atoms with Crippen LogP contribution in [-0.2, 0) is 23.7 Å². The normalized spacial score (nSPS) is 23.6. The number of ether oxygens (including phenoxy) is 4. The topological polar surface area (TPSA) is 228 Å². The Morgan fingerprint density at radius 3 is 1.12 bits per heavy atom. The number of hydrogen-bond acceptors (Lipinski definition) is 13. The Hall–Kier alpha value is -1.53. The van der Waals surface area contributed by atoms with Crippen LogP contribution in [0.25, 0.3) is 0 Å². The van der Waals surface area contributed by atoms with E-state index in [1.165, 1.54) is 263 Å². The minimum Gasteiger partial charge on any atom is -0.394 e. The van der Waals surface area contributed by atoms with E-state index in [0.29, 0.717) is 6.42 Å². The van der Waals surface area contributed by atoms with Gasteiger partial charge in [0.25, 0.3) is 0 Å². The van der Waals surface area contributed by atoms with Crippen LogP contribution >= 0.6 is 0 Å². The van der Waals surface area contributed by atoms with Crippen molar-refractivity contribution in [1.82, 2.24) is 5.32 Å². The van der Waals surface area contributed by atoms with E-state index in [-0.39, 0.29) is 18.9 Å². The van der Waals surface area contributed by atoms with Crippen LogP contribution in [0.15, 0.2) is 24.3 Å². The van der Waals surface area contributed by atoms with Gasteiger partial charge in [0.05, 0.1) is 32.0 Å². The molecule has 0 aromatic heterocycles. The highest BCUT2D eigenvalue weighted by Gasteiger charge is 2.51. The molecule has 2 saturated heterocycles. The number of aliphatic hydroxyl groups excluding tert-OH is 8. The zero-order valence-electron chi connectivity index (χ0n) is 54.6. The van der Waals surface area contributed by atoms with E-state index >= 15 is 0 Å². The van der Waals surface area contributed by atoms with Gasteiger partial charge >= 0.3 is 0 Å². The fourth-order valence-corrected chi connectivity index (χ4v) is 12.1. The number of unbranched alkanes of at least 4 members (excludes halogenated alkanes) is 45. The molecule has 2 aliphatic rings. The first-order valence-corrected chi connectivity index (χ1v) is 36.1. The molecule has 2 fully saturated rings. The van der Waals surface area contributed by atoms with Gasteiger partial charge in [-0.2, -0.15) is 0 Å². The Labute approximate surface area is 519 Å². The zero-order chi connectivity index (χ0) is 61.6. The van der Waals surface area contributed by atoms with Crippen LogP contribution in [0.2, 0.25) is 0 Å². The van der Waals surface area contributed by atoms with Gasteiger partial charge in [0, 0.05) is 6.42 Å². The summed E-state index contributed by atoms with van der Waals surface area (Å²) in [4.78, 5) is 13.3. The van der Waals surface area contributed by atoms with E-state index in [9.17, 15) is 45.6 Å². The highest BCUT2D eigenvalue weighted by atomic mass is 16.7. The first-order valence-electron chi connectivity index (χ1n) is 36.1. The van der Waals surface area contributed by atoms with Crippen LogP contribution in [0.4, 0.5) is 0 Å². The van der Waals surface area contributed by atoms with Gasteiger partial charge in [0.15, 0.2) is 12.6 Å². The number of amides is 1. The van der Waals surface area contributed by atoms with Crippen molar-refractivity contribution in [2.75, 3.05) is 19.8 Å². The number of nitrogens with one attached hydrogen (secondary N) is 1. The molecule has 85 heavy (non-hydrogen) atoms. The van der Waals surface area contributed by atoms with Crippen LogP contribution in [-0.4, -0.2) is 140 Å². The summed E-state index contributed by atoms with van der Waals surface area (Å²) in [7, 11) is 0. The molecule has 0 bridgehead atoms. The van der Waals surface area contributed by atoms with Gasteiger partial charge in [-0.15, -0.1) is 0 Å².